The summed E-state index contributed by atoms with van der Waals surface area (Å²) in [5.41, 5.74) is 2.62. The molecule has 0 radical (unpaired) electrons. The number of hydrogen-bond acceptors (Lipinski definition) is 2. The number of carbonyl (C=O) groups is 1. The van der Waals surface area contributed by atoms with E-state index in [2.05, 4.69) is 15.3 Å². The third kappa shape index (κ3) is 2.76. The van der Waals surface area contributed by atoms with Crippen LogP contribution in [0.1, 0.15) is 21.9 Å². The lowest BCUT2D eigenvalue weighted by atomic mass is 10.2. The van der Waals surface area contributed by atoms with Crippen LogP contribution in [0.5, 0.6) is 0 Å². The number of nitrogens with one attached hydrogen (secondary N) is 2. The summed E-state index contributed by atoms with van der Waals surface area (Å²) in [7, 11) is 0. The molecule has 21 heavy (non-hydrogen) atoms. The van der Waals surface area contributed by atoms with Gasteiger partial charge in [0.25, 0.3) is 5.91 Å². The molecule has 2 N–H and O–H groups in total. The van der Waals surface area contributed by atoms with Crippen molar-refractivity contribution in [3.05, 3.63) is 65.4 Å². The van der Waals surface area contributed by atoms with Crippen molar-refractivity contribution in [2.24, 2.45) is 0 Å². The van der Waals surface area contributed by atoms with Gasteiger partial charge in [-0.2, -0.15) is 0 Å². The van der Waals surface area contributed by atoms with Crippen LogP contribution in [-0.4, -0.2) is 15.9 Å². The number of halogens is 1. The zero-order valence-electron chi connectivity index (χ0n) is 11.5. The summed E-state index contributed by atoms with van der Waals surface area (Å²) in [4.78, 5) is 19.3. The van der Waals surface area contributed by atoms with Gasteiger partial charge in [-0.15, -0.1) is 0 Å². The standard InChI is InChI=1S/C16H14FN3O/c1-10-4-2-5-11(19-10)9-18-16(21)15-8-12-13(17)6-3-7-14(12)20-15/h2-8,20H,9H2,1H3,(H,18,21). The fraction of sp³-hybridized carbons (Fsp3) is 0.125. The Morgan fingerprint density at radius 2 is 2.10 bits per heavy atom. The van der Waals surface area contributed by atoms with Gasteiger partial charge in [-0.25, -0.2) is 4.39 Å². The molecule has 0 aliphatic rings. The molecule has 106 valence electrons. The molecule has 0 spiro atoms. The number of benzene rings is 1. The quantitative estimate of drug-likeness (QED) is 0.776. The van der Waals surface area contributed by atoms with E-state index in [-0.39, 0.29) is 11.7 Å². The summed E-state index contributed by atoms with van der Waals surface area (Å²) >= 11 is 0. The Kier molecular flexibility index (Phi) is 3.39. The Labute approximate surface area is 121 Å². The number of aromatic nitrogens is 2. The summed E-state index contributed by atoms with van der Waals surface area (Å²) in [5.74, 6) is -0.628. The van der Waals surface area contributed by atoms with Gasteiger partial charge in [0, 0.05) is 16.6 Å². The molecule has 0 saturated heterocycles. The van der Waals surface area contributed by atoms with Crippen molar-refractivity contribution in [2.45, 2.75) is 13.5 Å². The predicted octanol–water partition coefficient (Wildman–Crippen LogP) is 2.94. The number of H-pyrrole nitrogens is 1. The van der Waals surface area contributed by atoms with E-state index in [0.29, 0.717) is 23.1 Å². The second-order valence-electron chi connectivity index (χ2n) is 4.84. The molecule has 0 aliphatic carbocycles. The molecule has 2 aromatic heterocycles. The Hall–Kier alpha value is -2.69. The van der Waals surface area contributed by atoms with Crippen LogP contribution < -0.4 is 5.32 Å². The first kappa shape index (κ1) is 13.3. The minimum Gasteiger partial charge on any atom is -0.350 e. The van der Waals surface area contributed by atoms with Gasteiger partial charge >= 0.3 is 0 Å². The maximum absolute atomic E-state index is 13.6. The summed E-state index contributed by atoms with van der Waals surface area (Å²) in [5, 5.41) is 3.18. The third-order valence-corrected chi connectivity index (χ3v) is 3.23. The Morgan fingerprint density at radius 1 is 1.29 bits per heavy atom. The number of nitrogens with zero attached hydrogens (tertiary/aromatic N) is 1. The molecule has 4 nitrogen and oxygen atoms in total. The molecule has 1 amide bonds. The van der Waals surface area contributed by atoms with E-state index in [9.17, 15) is 9.18 Å². The average molecular weight is 283 g/mol. The molecular formula is C16H14FN3O. The van der Waals surface area contributed by atoms with Gasteiger partial charge in [-0.1, -0.05) is 12.1 Å². The second kappa shape index (κ2) is 5.36. The molecule has 0 saturated carbocycles. The van der Waals surface area contributed by atoms with Gasteiger partial charge in [0.2, 0.25) is 0 Å². The van der Waals surface area contributed by atoms with Crippen LogP contribution in [0.25, 0.3) is 10.9 Å². The molecule has 0 bridgehead atoms. The first-order valence-electron chi connectivity index (χ1n) is 6.61. The average Bonchev–Trinajstić information content (AvgIpc) is 2.90. The van der Waals surface area contributed by atoms with Crippen LogP contribution in [0.4, 0.5) is 4.39 Å². The summed E-state index contributed by atoms with van der Waals surface area (Å²) in [6.07, 6.45) is 0. The maximum atomic E-state index is 13.6. The predicted molar refractivity (Wildman–Crippen MR) is 78.4 cm³/mol. The van der Waals surface area contributed by atoms with Gasteiger partial charge in [-0.3, -0.25) is 9.78 Å². The summed E-state index contributed by atoms with van der Waals surface area (Å²) in [6.45, 7) is 2.23. The van der Waals surface area contributed by atoms with E-state index in [1.165, 1.54) is 12.1 Å². The smallest absolute Gasteiger partial charge is 0.268 e. The second-order valence-corrected chi connectivity index (χ2v) is 4.84. The van der Waals surface area contributed by atoms with E-state index >= 15 is 0 Å². The van der Waals surface area contributed by atoms with E-state index < -0.39 is 0 Å². The first-order chi connectivity index (χ1) is 10.1. The van der Waals surface area contributed by atoms with Gasteiger partial charge in [0.05, 0.1) is 12.2 Å². The van der Waals surface area contributed by atoms with E-state index in [0.717, 1.165) is 11.4 Å². The molecule has 0 fully saturated rings. The van der Waals surface area contributed by atoms with Crippen LogP contribution in [0.3, 0.4) is 0 Å². The lowest BCUT2D eigenvalue weighted by molar-refractivity contribution is 0.0946. The van der Waals surface area contributed by atoms with Crippen LogP contribution in [-0.2, 0) is 6.54 Å². The van der Waals surface area contributed by atoms with E-state index in [1.54, 1.807) is 12.1 Å². The summed E-state index contributed by atoms with van der Waals surface area (Å²) in [6, 6.07) is 11.9. The van der Waals surface area contributed by atoms with E-state index in [1.807, 2.05) is 25.1 Å². The van der Waals surface area contributed by atoms with Gasteiger partial charge in [-0.05, 0) is 37.3 Å². The normalized spacial score (nSPS) is 10.8. The van der Waals surface area contributed by atoms with Crippen molar-refractivity contribution in [1.82, 2.24) is 15.3 Å². The van der Waals surface area contributed by atoms with Crippen LogP contribution >= 0.6 is 0 Å². The lowest BCUT2D eigenvalue weighted by Crippen LogP contribution is -2.23. The highest BCUT2D eigenvalue weighted by molar-refractivity contribution is 5.98. The van der Waals surface area contributed by atoms with Crippen LogP contribution in [0.15, 0.2) is 42.5 Å². The topological polar surface area (TPSA) is 57.8 Å². The number of pyridine rings is 1. The Bertz CT molecular complexity index is 810. The fourth-order valence-corrected chi connectivity index (χ4v) is 2.20. The molecule has 3 aromatic rings. The molecule has 1 aromatic carbocycles. The highest BCUT2D eigenvalue weighted by Crippen LogP contribution is 2.18. The molecular weight excluding hydrogens is 269 g/mol. The van der Waals surface area contributed by atoms with Gasteiger partial charge in [0.1, 0.15) is 11.5 Å². The number of fused-ring (bicyclic) bond motifs is 1. The number of rotatable bonds is 3. The number of aryl methyl sites for hydroxylation is 1. The van der Waals surface area contributed by atoms with Crippen molar-refractivity contribution >= 4 is 16.8 Å². The number of carbonyl (C=O) groups excluding carboxylic acids is 1. The Morgan fingerprint density at radius 3 is 2.86 bits per heavy atom. The number of amides is 1. The highest BCUT2D eigenvalue weighted by Gasteiger charge is 2.11. The fourth-order valence-electron chi connectivity index (χ4n) is 2.20. The maximum Gasteiger partial charge on any atom is 0.268 e. The van der Waals surface area contributed by atoms with Crippen LogP contribution in [0.2, 0.25) is 0 Å². The first-order valence-corrected chi connectivity index (χ1v) is 6.61. The van der Waals surface area contributed by atoms with Crippen molar-refractivity contribution in [2.75, 3.05) is 0 Å². The summed E-state index contributed by atoms with van der Waals surface area (Å²) < 4.78 is 13.6. The van der Waals surface area contributed by atoms with Crippen molar-refractivity contribution in [3.8, 4) is 0 Å². The molecule has 0 aliphatic heterocycles. The SMILES string of the molecule is Cc1cccc(CNC(=O)c2cc3c(F)cccc3[nH]2)n1. The number of hydrogen-bond donors (Lipinski definition) is 2. The molecule has 3 rings (SSSR count). The number of aromatic amines is 1. The minimum absolute atomic E-state index is 0.283. The van der Waals surface area contributed by atoms with E-state index in [4.69, 9.17) is 0 Å². The molecule has 0 unspecified atom stereocenters. The molecule has 5 heteroatoms. The lowest BCUT2D eigenvalue weighted by Gasteiger charge is -2.03. The zero-order chi connectivity index (χ0) is 14.8. The molecule has 0 atom stereocenters. The minimum atomic E-state index is -0.344. The van der Waals surface area contributed by atoms with Crippen molar-refractivity contribution in [3.63, 3.8) is 0 Å². The third-order valence-electron chi connectivity index (χ3n) is 3.23. The largest absolute Gasteiger partial charge is 0.350 e. The Balaban J connectivity index is 1.76. The monoisotopic (exact) mass is 283 g/mol. The highest BCUT2D eigenvalue weighted by atomic mass is 19.1. The van der Waals surface area contributed by atoms with Crippen molar-refractivity contribution in [1.29, 1.82) is 0 Å². The van der Waals surface area contributed by atoms with Crippen molar-refractivity contribution < 1.29 is 9.18 Å². The van der Waals surface area contributed by atoms with Gasteiger partial charge in [0.15, 0.2) is 0 Å². The van der Waals surface area contributed by atoms with Crippen LogP contribution in [0, 0.1) is 12.7 Å². The zero-order valence-corrected chi connectivity index (χ0v) is 11.5. The van der Waals surface area contributed by atoms with Gasteiger partial charge < -0.3 is 10.3 Å². The molecule has 2 heterocycles.